The van der Waals surface area contributed by atoms with Crippen molar-refractivity contribution in [1.29, 1.82) is 0 Å². The number of rotatable bonds is 5. The summed E-state index contributed by atoms with van der Waals surface area (Å²) in [7, 11) is 0. The summed E-state index contributed by atoms with van der Waals surface area (Å²) in [6.07, 6.45) is 5.86. The van der Waals surface area contributed by atoms with E-state index in [-0.39, 0.29) is 10.8 Å². The third-order valence-corrected chi connectivity index (χ3v) is 11.5. The summed E-state index contributed by atoms with van der Waals surface area (Å²) in [5.41, 5.74) is 16.4. The minimum absolute atomic E-state index is 0.0627. The molecule has 244 valence electrons. The smallest absolute Gasteiger partial charge is 0.0540 e. The van der Waals surface area contributed by atoms with Crippen LogP contribution >= 0.6 is 0 Å². The zero-order valence-electron chi connectivity index (χ0n) is 29.3. The van der Waals surface area contributed by atoms with E-state index in [4.69, 9.17) is 0 Å². The molecule has 0 N–H and O–H groups in total. The molecule has 2 nitrogen and oxygen atoms in total. The molecular weight excluding hydrogens is 605 g/mol. The molecule has 1 unspecified atom stereocenters. The standard InChI is InChI=1S/C48H42N2/c1-47(2)39-24-12-14-28-44(39)50-45-30-29-37(32-42(45)48(3,4)41-26-16-25-40(47)46(41)50)49(36-22-15-21-35(31-36)33-17-7-5-8-18-33)43-27-13-11-23-38(43)34-19-9-6-10-20-34/h5-25,27-32,41H,26H2,1-4H3. The molecule has 0 saturated heterocycles. The average Bonchev–Trinajstić information content (AvgIpc) is 3.16. The van der Waals surface area contributed by atoms with Crippen molar-refractivity contribution >= 4 is 28.4 Å². The van der Waals surface area contributed by atoms with Gasteiger partial charge in [0.25, 0.3) is 0 Å². The minimum Gasteiger partial charge on any atom is -0.313 e. The lowest BCUT2D eigenvalue weighted by atomic mass is 9.60. The van der Waals surface area contributed by atoms with Crippen molar-refractivity contribution in [3.8, 4) is 22.3 Å². The summed E-state index contributed by atoms with van der Waals surface area (Å²) < 4.78 is 0. The zero-order valence-corrected chi connectivity index (χ0v) is 29.3. The molecule has 6 aromatic rings. The topological polar surface area (TPSA) is 6.48 Å². The predicted molar refractivity (Wildman–Crippen MR) is 211 cm³/mol. The van der Waals surface area contributed by atoms with E-state index < -0.39 is 0 Å². The molecule has 0 bridgehead atoms. The van der Waals surface area contributed by atoms with Gasteiger partial charge in [0.15, 0.2) is 0 Å². The first-order valence-corrected chi connectivity index (χ1v) is 17.9. The van der Waals surface area contributed by atoms with Crippen molar-refractivity contribution in [1.82, 2.24) is 0 Å². The highest BCUT2D eigenvalue weighted by molar-refractivity contribution is 5.91. The average molecular weight is 647 g/mol. The number of para-hydroxylation sites is 2. The number of fused-ring (bicyclic) bond motifs is 4. The second-order valence-electron chi connectivity index (χ2n) is 15.0. The van der Waals surface area contributed by atoms with Gasteiger partial charge in [0, 0.05) is 50.8 Å². The van der Waals surface area contributed by atoms with E-state index in [0.29, 0.717) is 5.92 Å². The van der Waals surface area contributed by atoms with Crippen LogP contribution in [0.15, 0.2) is 175 Å². The van der Waals surface area contributed by atoms with E-state index in [1.807, 2.05) is 0 Å². The monoisotopic (exact) mass is 646 g/mol. The van der Waals surface area contributed by atoms with Crippen LogP contribution in [0.4, 0.5) is 28.4 Å². The van der Waals surface area contributed by atoms with E-state index in [1.54, 1.807) is 0 Å². The minimum atomic E-state index is -0.0912. The molecule has 6 aromatic carbocycles. The quantitative estimate of drug-likeness (QED) is 0.184. The Morgan fingerprint density at radius 3 is 2.00 bits per heavy atom. The molecule has 0 spiro atoms. The highest BCUT2D eigenvalue weighted by Crippen LogP contribution is 2.60. The Morgan fingerprint density at radius 1 is 0.560 bits per heavy atom. The van der Waals surface area contributed by atoms with Crippen LogP contribution in [0.5, 0.6) is 0 Å². The van der Waals surface area contributed by atoms with Gasteiger partial charge in [0.2, 0.25) is 0 Å². The van der Waals surface area contributed by atoms with E-state index in [9.17, 15) is 0 Å². The van der Waals surface area contributed by atoms with Crippen LogP contribution in [-0.2, 0) is 10.8 Å². The summed E-state index contributed by atoms with van der Waals surface area (Å²) >= 11 is 0. The number of nitrogens with zero attached hydrogens (tertiary/aromatic N) is 2. The van der Waals surface area contributed by atoms with Crippen molar-refractivity contribution in [2.75, 3.05) is 9.80 Å². The maximum absolute atomic E-state index is 2.60. The van der Waals surface area contributed by atoms with Gasteiger partial charge in [0.05, 0.1) is 5.69 Å². The molecule has 0 fully saturated rings. The van der Waals surface area contributed by atoms with Crippen LogP contribution in [0.3, 0.4) is 0 Å². The highest BCUT2D eigenvalue weighted by atomic mass is 15.2. The highest BCUT2D eigenvalue weighted by Gasteiger charge is 2.50. The van der Waals surface area contributed by atoms with E-state index in [1.165, 1.54) is 56.0 Å². The Morgan fingerprint density at radius 2 is 1.20 bits per heavy atom. The molecule has 50 heavy (non-hydrogen) atoms. The van der Waals surface area contributed by atoms with Crippen LogP contribution in [0.1, 0.15) is 45.2 Å². The number of benzene rings is 6. The zero-order chi connectivity index (χ0) is 34.0. The predicted octanol–water partition coefficient (Wildman–Crippen LogP) is 13.0. The van der Waals surface area contributed by atoms with Gasteiger partial charge in [-0.1, -0.05) is 149 Å². The van der Waals surface area contributed by atoms with Crippen LogP contribution < -0.4 is 9.80 Å². The molecule has 2 heteroatoms. The third kappa shape index (κ3) is 4.62. The molecule has 0 radical (unpaired) electrons. The molecule has 2 aliphatic heterocycles. The Labute approximate surface area is 296 Å². The lowest BCUT2D eigenvalue weighted by molar-refractivity contribution is 0.339. The summed E-state index contributed by atoms with van der Waals surface area (Å²) in [6.45, 7) is 9.73. The fourth-order valence-electron chi connectivity index (χ4n) is 8.85. The first kappa shape index (κ1) is 30.5. The van der Waals surface area contributed by atoms with E-state index in [2.05, 4.69) is 201 Å². The number of hydrogen-bond acceptors (Lipinski definition) is 2. The van der Waals surface area contributed by atoms with Gasteiger partial charge in [-0.2, -0.15) is 0 Å². The third-order valence-electron chi connectivity index (χ3n) is 11.5. The Kier molecular flexibility index (Phi) is 7.00. The van der Waals surface area contributed by atoms with Crippen LogP contribution in [-0.4, -0.2) is 0 Å². The first-order chi connectivity index (χ1) is 24.3. The summed E-state index contributed by atoms with van der Waals surface area (Å²) in [6, 6.07) is 55.6. The lowest BCUT2D eigenvalue weighted by Crippen LogP contribution is -2.47. The normalized spacial score (nSPS) is 17.8. The van der Waals surface area contributed by atoms with Gasteiger partial charge in [-0.25, -0.2) is 0 Å². The fraction of sp³-hybridized carbons (Fsp3) is 0.167. The van der Waals surface area contributed by atoms with E-state index in [0.717, 1.165) is 23.5 Å². The van der Waals surface area contributed by atoms with Gasteiger partial charge in [0.1, 0.15) is 0 Å². The van der Waals surface area contributed by atoms with Gasteiger partial charge >= 0.3 is 0 Å². The van der Waals surface area contributed by atoms with E-state index >= 15 is 0 Å². The molecule has 2 heterocycles. The van der Waals surface area contributed by atoms with Crippen molar-refractivity contribution < 1.29 is 0 Å². The van der Waals surface area contributed by atoms with Crippen LogP contribution in [0.2, 0.25) is 0 Å². The van der Waals surface area contributed by atoms with Crippen molar-refractivity contribution in [3.05, 3.63) is 186 Å². The largest absolute Gasteiger partial charge is 0.313 e. The Hall–Kier alpha value is -5.60. The molecule has 3 aliphatic rings. The second-order valence-corrected chi connectivity index (χ2v) is 15.0. The maximum atomic E-state index is 2.60. The molecule has 9 rings (SSSR count). The van der Waals surface area contributed by atoms with Crippen molar-refractivity contribution in [2.24, 2.45) is 5.92 Å². The SMILES string of the molecule is CC1(C)C2=C3C(CC=C2)C(C)(C)c2cc(N(c4cccc(-c5ccccc5)c4)c4ccccc4-c4ccccc4)ccc2N3c2ccccc21. The number of allylic oxidation sites excluding steroid dienone is 4. The molecule has 1 aliphatic carbocycles. The summed E-state index contributed by atoms with van der Waals surface area (Å²) in [5.74, 6) is 0.365. The molecule has 1 atom stereocenters. The van der Waals surface area contributed by atoms with Crippen molar-refractivity contribution in [3.63, 3.8) is 0 Å². The van der Waals surface area contributed by atoms with Gasteiger partial charge in [-0.3, -0.25) is 0 Å². The number of anilines is 5. The van der Waals surface area contributed by atoms with Crippen LogP contribution in [0, 0.1) is 5.92 Å². The van der Waals surface area contributed by atoms with Gasteiger partial charge in [-0.15, -0.1) is 0 Å². The van der Waals surface area contributed by atoms with Crippen molar-refractivity contribution in [2.45, 2.75) is 44.9 Å². The van der Waals surface area contributed by atoms with Gasteiger partial charge in [-0.05, 0) is 82.3 Å². The number of hydrogen-bond donors (Lipinski definition) is 0. The maximum Gasteiger partial charge on any atom is 0.0540 e. The molecule has 0 aromatic heterocycles. The molecular formula is C48H42N2. The molecule has 0 amide bonds. The van der Waals surface area contributed by atoms with Gasteiger partial charge < -0.3 is 9.80 Å². The Bertz CT molecular complexity index is 2310. The first-order valence-electron chi connectivity index (χ1n) is 17.9. The van der Waals surface area contributed by atoms with Crippen LogP contribution in [0.25, 0.3) is 22.3 Å². The molecule has 0 saturated carbocycles. The fourth-order valence-corrected chi connectivity index (χ4v) is 8.85. The summed E-state index contributed by atoms with van der Waals surface area (Å²) in [4.78, 5) is 5.07. The Balaban J connectivity index is 1.28. The lowest BCUT2D eigenvalue weighted by Gasteiger charge is -2.54. The second kappa shape index (κ2) is 11.5. The summed E-state index contributed by atoms with van der Waals surface area (Å²) in [5, 5.41) is 0.